The summed E-state index contributed by atoms with van der Waals surface area (Å²) in [6.07, 6.45) is 2.79. The molecule has 0 bridgehead atoms. The van der Waals surface area contributed by atoms with E-state index in [-0.39, 0.29) is 5.91 Å². The highest BCUT2D eigenvalue weighted by Crippen LogP contribution is 2.16. The van der Waals surface area contributed by atoms with Gasteiger partial charge in [0.1, 0.15) is 0 Å². The molecule has 1 saturated heterocycles. The first-order chi connectivity index (χ1) is 9.67. The third-order valence-electron chi connectivity index (χ3n) is 3.70. The van der Waals surface area contributed by atoms with Crippen molar-refractivity contribution in [3.8, 4) is 6.07 Å². The fourth-order valence-electron chi connectivity index (χ4n) is 2.42. The molecule has 1 heterocycles. The summed E-state index contributed by atoms with van der Waals surface area (Å²) in [4.78, 5) is 26.1. The van der Waals surface area contributed by atoms with Gasteiger partial charge >= 0.3 is 0 Å². The number of nitrogens with zero attached hydrogens (tertiary/aromatic N) is 2. The lowest BCUT2D eigenvalue weighted by Crippen LogP contribution is -2.37. The maximum Gasteiger partial charge on any atom is 0.247 e. The van der Waals surface area contributed by atoms with E-state index in [1.54, 1.807) is 17.0 Å². The molecule has 1 aliphatic rings. The molecule has 1 unspecified atom stereocenters. The Labute approximate surface area is 119 Å². The quantitative estimate of drug-likeness (QED) is 0.622. The van der Waals surface area contributed by atoms with Gasteiger partial charge in [0, 0.05) is 18.7 Å². The molecule has 1 aliphatic heterocycles. The minimum atomic E-state index is -1.21. The van der Waals surface area contributed by atoms with Crippen molar-refractivity contribution in [3.05, 3.63) is 35.4 Å². The molecule has 20 heavy (non-hydrogen) atoms. The monoisotopic (exact) mass is 270 g/mol. The Bertz CT molecular complexity index is 537. The van der Waals surface area contributed by atoms with Crippen LogP contribution < -0.4 is 0 Å². The summed E-state index contributed by atoms with van der Waals surface area (Å²) >= 11 is 0. The number of carbonyl (C=O) groups excluding carboxylic acids is 2. The minimum absolute atomic E-state index is 0.352. The molecule has 0 radical (unpaired) electrons. The van der Waals surface area contributed by atoms with Crippen LogP contribution in [0.3, 0.4) is 0 Å². The van der Waals surface area contributed by atoms with E-state index in [2.05, 4.69) is 0 Å². The third kappa shape index (κ3) is 2.88. The predicted molar refractivity (Wildman–Crippen MR) is 75.1 cm³/mol. The van der Waals surface area contributed by atoms with Crippen molar-refractivity contribution in [3.63, 3.8) is 0 Å². The van der Waals surface area contributed by atoms with Crippen LogP contribution in [0.1, 0.15) is 35.7 Å². The molecule has 1 fully saturated rings. The maximum absolute atomic E-state index is 12.3. The third-order valence-corrected chi connectivity index (χ3v) is 3.70. The minimum Gasteiger partial charge on any atom is -0.341 e. The summed E-state index contributed by atoms with van der Waals surface area (Å²) in [6, 6.07) is 8.99. The van der Waals surface area contributed by atoms with Crippen LogP contribution in [-0.4, -0.2) is 29.7 Å². The molecule has 4 nitrogen and oxygen atoms in total. The van der Waals surface area contributed by atoms with Gasteiger partial charge < -0.3 is 4.90 Å². The highest BCUT2D eigenvalue weighted by molar-refractivity contribution is 6.12. The normalized spacial score (nSPS) is 15.7. The van der Waals surface area contributed by atoms with Gasteiger partial charge in [0.2, 0.25) is 5.91 Å². The number of likely N-dealkylation sites (tertiary alicyclic amines) is 1. The summed E-state index contributed by atoms with van der Waals surface area (Å²) in [7, 11) is 0. The average molecular weight is 270 g/mol. The van der Waals surface area contributed by atoms with Crippen LogP contribution in [0, 0.1) is 17.2 Å². The Balaban J connectivity index is 2.15. The fourth-order valence-corrected chi connectivity index (χ4v) is 2.42. The van der Waals surface area contributed by atoms with Crippen molar-refractivity contribution in [2.75, 3.05) is 13.1 Å². The molecule has 2 rings (SSSR count). The van der Waals surface area contributed by atoms with Gasteiger partial charge in [0.25, 0.3) is 0 Å². The van der Waals surface area contributed by atoms with Crippen molar-refractivity contribution in [1.82, 2.24) is 4.90 Å². The van der Waals surface area contributed by atoms with Gasteiger partial charge in [0.15, 0.2) is 11.7 Å². The van der Waals surface area contributed by atoms with E-state index in [1.165, 1.54) is 0 Å². The van der Waals surface area contributed by atoms with Crippen molar-refractivity contribution in [1.29, 1.82) is 5.26 Å². The molecule has 1 atom stereocenters. The summed E-state index contributed by atoms with van der Waals surface area (Å²) in [5.41, 5.74) is 1.56. The number of benzene rings is 1. The van der Waals surface area contributed by atoms with Crippen LogP contribution in [0.2, 0.25) is 0 Å². The van der Waals surface area contributed by atoms with Crippen molar-refractivity contribution in [2.24, 2.45) is 5.92 Å². The number of nitriles is 1. The van der Waals surface area contributed by atoms with Gasteiger partial charge in [0.05, 0.1) is 6.07 Å². The van der Waals surface area contributed by atoms with Crippen LogP contribution in [0.15, 0.2) is 24.3 Å². The Hall–Kier alpha value is -2.15. The van der Waals surface area contributed by atoms with E-state index in [0.717, 1.165) is 24.8 Å². The number of rotatable bonds is 4. The zero-order chi connectivity index (χ0) is 14.5. The Morgan fingerprint density at radius 2 is 1.85 bits per heavy atom. The number of hydrogen-bond donors (Lipinski definition) is 0. The van der Waals surface area contributed by atoms with Gasteiger partial charge in [-0.25, -0.2) is 0 Å². The highest BCUT2D eigenvalue weighted by atomic mass is 16.2. The van der Waals surface area contributed by atoms with Crippen molar-refractivity contribution < 1.29 is 9.59 Å². The predicted octanol–water partition coefficient (Wildman–Crippen LogP) is 2.19. The van der Waals surface area contributed by atoms with E-state index in [9.17, 15) is 14.9 Å². The molecular formula is C16H18N2O2. The molecule has 0 N–H and O–H groups in total. The molecule has 1 amide bonds. The van der Waals surface area contributed by atoms with E-state index < -0.39 is 11.7 Å². The van der Waals surface area contributed by atoms with Gasteiger partial charge in [-0.1, -0.05) is 31.2 Å². The number of aryl methyl sites for hydroxylation is 1. The smallest absolute Gasteiger partial charge is 0.247 e. The first kappa shape index (κ1) is 14.3. The Morgan fingerprint density at radius 3 is 2.35 bits per heavy atom. The number of hydrogen-bond acceptors (Lipinski definition) is 3. The zero-order valence-corrected chi connectivity index (χ0v) is 11.6. The van der Waals surface area contributed by atoms with Crippen LogP contribution in [0.25, 0.3) is 0 Å². The molecular weight excluding hydrogens is 252 g/mol. The van der Waals surface area contributed by atoms with E-state index in [0.29, 0.717) is 18.7 Å². The Kier molecular flexibility index (Phi) is 4.52. The molecule has 0 saturated carbocycles. The maximum atomic E-state index is 12.3. The van der Waals surface area contributed by atoms with Crippen LogP contribution in [0.5, 0.6) is 0 Å². The topological polar surface area (TPSA) is 61.2 Å². The summed E-state index contributed by atoms with van der Waals surface area (Å²) < 4.78 is 0. The number of carbonyl (C=O) groups is 2. The average Bonchev–Trinajstić information content (AvgIpc) is 3.02. The van der Waals surface area contributed by atoms with E-state index in [1.807, 2.05) is 25.1 Å². The second-order valence-corrected chi connectivity index (χ2v) is 5.01. The summed E-state index contributed by atoms with van der Waals surface area (Å²) in [5.74, 6) is -1.96. The molecule has 104 valence electrons. The number of amides is 1. The lowest BCUT2D eigenvalue weighted by molar-refractivity contribution is -0.131. The lowest BCUT2D eigenvalue weighted by atomic mass is 9.96. The van der Waals surface area contributed by atoms with Crippen molar-refractivity contribution in [2.45, 2.75) is 26.2 Å². The second-order valence-electron chi connectivity index (χ2n) is 5.01. The van der Waals surface area contributed by atoms with Crippen LogP contribution in [0.4, 0.5) is 0 Å². The highest BCUT2D eigenvalue weighted by Gasteiger charge is 2.32. The van der Waals surface area contributed by atoms with E-state index >= 15 is 0 Å². The SMILES string of the molecule is CCc1ccc(C(=O)C(C#N)C(=O)N2CCCC2)cc1. The number of ketones is 1. The molecule has 1 aromatic carbocycles. The van der Waals surface area contributed by atoms with Crippen LogP contribution >= 0.6 is 0 Å². The molecule has 0 aliphatic carbocycles. The van der Waals surface area contributed by atoms with Gasteiger partial charge in [-0.05, 0) is 24.8 Å². The van der Waals surface area contributed by atoms with E-state index in [4.69, 9.17) is 0 Å². The van der Waals surface area contributed by atoms with Gasteiger partial charge in [-0.3, -0.25) is 9.59 Å². The largest absolute Gasteiger partial charge is 0.341 e. The van der Waals surface area contributed by atoms with Crippen molar-refractivity contribution >= 4 is 11.7 Å². The summed E-state index contributed by atoms with van der Waals surface area (Å²) in [5, 5.41) is 9.17. The summed E-state index contributed by atoms with van der Waals surface area (Å²) in [6.45, 7) is 3.34. The lowest BCUT2D eigenvalue weighted by Gasteiger charge is -2.18. The second kappa shape index (κ2) is 6.33. The van der Waals surface area contributed by atoms with Gasteiger partial charge in [-0.15, -0.1) is 0 Å². The molecule has 0 aromatic heterocycles. The first-order valence-corrected chi connectivity index (χ1v) is 6.99. The molecule has 1 aromatic rings. The number of Topliss-reactive ketones (excluding diaryl/α,β-unsaturated/α-hetero) is 1. The Morgan fingerprint density at radius 1 is 1.25 bits per heavy atom. The molecule has 0 spiro atoms. The zero-order valence-electron chi connectivity index (χ0n) is 11.6. The molecule has 4 heteroatoms. The fraction of sp³-hybridized carbons (Fsp3) is 0.438. The van der Waals surface area contributed by atoms with Gasteiger partial charge in [-0.2, -0.15) is 5.26 Å². The van der Waals surface area contributed by atoms with Crippen LogP contribution in [-0.2, 0) is 11.2 Å². The standard InChI is InChI=1S/C16H18N2O2/c1-2-12-5-7-13(8-6-12)15(19)14(11-17)16(20)18-9-3-4-10-18/h5-8,14H,2-4,9-10H2,1H3. The first-order valence-electron chi connectivity index (χ1n) is 6.99.